The predicted octanol–water partition coefficient (Wildman–Crippen LogP) is -0.419. The first kappa shape index (κ1) is 14.3. The Morgan fingerprint density at radius 1 is 1.17 bits per heavy atom. The smallest absolute Gasteiger partial charge is 0.317 e. The molecule has 0 saturated carbocycles. The molecule has 1 unspecified atom stereocenters. The first-order valence-electron chi connectivity index (χ1n) is 5.93. The second-order valence-electron chi connectivity index (χ2n) is 4.42. The number of hydrogen-bond donors (Lipinski definition) is 2. The largest absolute Gasteiger partial charge is 0.481 e. The number of urea groups is 1. The zero-order valence-electron chi connectivity index (χ0n) is 10.7. The molecule has 0 bridgehead atoms. The molecule has 0 spiro atoms. The van der Waals surface area contributed by atoms with Crippen molar-refractivity contribution in [2.45, 2.75) is 13.8 Å². The Bertz CT molecular complexity index is 337. The van der Waals surface area contributed by atoms with E-state index in [-0.39, 0.29) is 18.5 Å². The molecule has 1 saturated heterocycles. The molecule has 18 heavy (non-hydrogen) atoms. The van der Waals surface area contributed by atoms with E-state index in [1.807, 2.05) is 0 Å². The number of piperazine rings is 1. The second-order valence-corrected chi connectivity index (χ2v) is 4.42. The molecular weight excluding hydrogens is 238 g/mol. The Balaban J connectivity index is 2.32. The van der Waals surface area contributed by atoms with Gasteiger partial charge >= 0.3 is 12.0 Å². The quantitative estimate of drug-likeness (QED) is 0.718. The van der Waals surface area contributed by atoms with E-state index in [0.717, 1.165) is 0 Å². The molecule has 1 aliphatic heterocycles. The maximum absolute atomic E-state index is 11.7. The number of aliphatic carboxylic acids is 1. The third kappa shape index (κ3) is 3.90. The van der Waals surface area contributed by atoms with Gasteiger partial charge in [0.15, 0.2) is 0 Å². The molecule has 2 N–H and O–H groups in total. The van der Waals surface area contributed by atoms with E-state index in [0.29, 0.717) is 26.2 Å². The van der Waals surface area contributed by atoms with Gasteiger partial charge in [0, 0.05) is 39.6 Å². The summed E-state index contributed by atoms with van der Waals surface area (Å²) >= 11 is 0. The molecule has 0 aliphatic carbocycles. The summed E-state index contributed by atoms with van der Waals surface area (Å²) in [5.74, 6) is -1.53. The van der Waals surface area contributed by atoms with Gasteiger partial charge in [-0.3, -0.25) is 9.59 Å². The van der Waals surface area contributed by atoms with E-state index in [1.165, 1.54) is 13.8 Å². The van der Waals surface area contributed by atoms with Gasteiger partial charge in [-0.1, -0.05) is 6.92 Å². The van der Waals surface area contributed by atoms with E-state index >= 15 is 0 Å². The number of nitrogens with zero attached hydrogens (tertiary/aromatic N) is 2. The van der Waals surface area contributed by atoms with Crippen LogP contribution < -0.4 is 5.32 Å². The maximum Gasteiger partial charge on any atom is 0.317 e. The number of rotatable bonds is 3. The van der Waals surface area contributed by atoms with Gasteiger partial charge in [-0.25, -0.2) is 4.79 Å². The zero-order valence-corrected chi connectivity index (χ0v) is 10.7. The van der Waals surface area contributed by atoms with Crippen LogP contribution in [-0.4, -0.2) is 65.5 Å². The molecule has 0 aromatic heterocycles. The number of nitrogens with one attached hydrogen (secondary N) is 1. The number of carbonyl (C=O) groups is 3. The third-order valence-corrected chi connectivity index (χ3v) is 2.99. The summed E-state index contributed by atoms with van der Waals surface area (Å²) < 4.78 is 0. The lowest BCUT2D eigenvalue weighted by molar-refractivity contribution is -0.140. The lowest BCUT2D eigenvalue weighted by Crippen LogP contribution is -2.53. The molecule has 102 valence electrons. The van der Waals surface area contributed by atoms with Crippen LogP contribution in [0.4, 0.5) is 4.79 Å². The second kappa shape index (κ2) is 6.23. The molecule has 1 aliphatic rings. The molecule has 1 rings (SSSR count). The number of amides is 3. The SMILES string of the molecule is CC(=O)N1CCN(C(=O)NCC(C)C(=O)O)CC1. The molecule has 1 atom stereocenters. The Labute approximate surface area is 106 Å². The monoisotopic (exact) mass is 257 g/mol. The Morgan fingerprint density at radius 3 is 2.11 bits per heavy atom. The summed E-state index contributed by atoms with van der Waals surface area (Å²) in [5.41, 5.74) is 0. The van der Waals surface area contributed by atoms with Crippen molar-refractivity contribution in [3.05, 3.63) is 0 Å². The van der Waals surface area contributed by atoms with Gasteiger partial charge in [0.05, 0.1) is 5.92 Å². The average molecular weight is 257 g/mol. The van der Waals surface area contributed by atoms with Crippen molar-refractivity contribution >= 4 is 17.9 Å². The first-order chi connectivity index (χ1) is 8.41. The van der Waals surface area contributed by atoms with Crippen molar-refractivity contribution in [2.24, 2.45) is 5.92 Å². The lowest BCUT2D eigenvalue weighted by atomic mass is 10.2. The van der Waals surface area contributed by atoms with E-state index in [1.54, 1.807) is 9.80 Å². The van der Waals surface area contributed by atoms with Crippen molar-refractivity contribution in [1.29, 1.82) is 0 Å². The van der Waals surface area contributed by atoms with Gasteiger partial charge in [0.25, 0.3) is 0 Å². The number of carboxylic acid groups (broad SMARTS) is 1. The van der Waals surface area contributed by atoms with Gasteiger partial charge in [-0.05, 0) is 0 Å². The van der Waals surface area contributed by atoms with E-state index in [9.17, 15) is 14.4 Å². The van der Waals surface area contributed by atoms with Gasteiger partial charge in [0.1, 0.15) is 0 Å². The van der Waals surface area contributed by atoms with Crippen LogP contribution in [-0.2, 0) is 9.59 Å². The van der Waals surface area contributed by atoms with Crippen LogP contribution in [0.5, 0.6) is 0 Å². The standard InChI is InChI=1S/C11H19N3O4/c1-8(10(16)17)7-12-11(18)14-5-3-13(4-6-14)9(2)15/h8H,3-7H2,1-2H3,(H,12,18)(H,16,17). The van der Waals surface area contributed by atoms with E-state index < -0.39 is 11.9 Å². The van der Waals surface area contributed by atoms with Crippen LogP contribution in [0.1, 0.15) is 13.8 Å². The summed E-state index contributed by atoms with van der Waals surface area (Å²) in [6.45, 7) is 5.16. The highest BCUT2D eigenvalue weighted by Crippen LogP contribution is 2.02. The summed E-state index contributed by atoms with van der Waals surface area (Å²) in [6, 6.07) is -0.272. The molecule has 0 aromatic rings. The van der Waals surface area contributed by atoms with Gasteiger partial charge in [0.2, 0.25) is 5.91 Å². The van der Waals surface area contributed by atoms with Gasteiger partial charge in [-0.2, -0.15) is 0 Å². The van der Waals surface area contributed by atoms with Crippen LogP contribution >= 0.6 is 0 Å². The first-order valence-corrected chi connectivity index (χ1v) is 5.93. The Hall–Kier alpha value is -1.79. The predicted molar refractivity (Wildman–Crippen MR) is 64.0 cm³/mol. The van der Waals surface area contributed by atoms with Crippen LogP contribution in [0, 0.1) is 5.92 Å². The van der Waals surface area contributed by atoms with Gasteiger partial charge in [-0.15, -0.1) is 0 Å². The van der Waals surface area contributed by atoms with Crippen LogP contribution in [0.25, 0.3) is 0 Å². The van der Waals surface area contributed by atoms with Crippen LogP contribution in [0.3, 0.4) is 0 Å². The zero-order chi connectivity index (χ0) is 13.7. The Morgan fingerprint density at radius 2 is 1.67 bits per heavy atom. The van der Waals surface area contributed by atoms with Crippen molar-refractivity contribution < 1.29 is 19.5 Å². The van der Waals surface area contributed by atoms with Crippen molar-refractivity contribution in [3.63, 3.8) is 0 Å². The molecule has 7 heteroatoms. The normalized spacial score (nSPS) is 17.2. The lowest BCUT2D eigenvalue weighted by Gasteiger charge is -2.34. The average Bonchev–Trinajstić information content (AvgIpc) is 2.35. The topological polar surface area (TPSA) is 90.0 Å². The highest BCUT2D eigenvalue weighted by atomic mass is 16.4. The van der Waals surface area contributed by atoms with Crippen LogP contribution in [0.2, 0.25) is 0 Å². The fourth-order valence-corrected chi connectivity index (χ4v) is 1.66. The number of carboxylic acids is 1. The Kier molecular flexibility index (Phi) is 4.94. The molecule has 7 nitrogen and oxygen atoms in total. The fraction of sp³-hybridized carbons (Fsp3) is 0.727. The molecular formula is C11H19N3O4. The third-order valence-electron chi connectivity index (χ3n) is 2.99. The minimum absolute atomic E-state index is 0.00885. The summed E-state index contributed by atoms with van der Waals surface area (Å²) in [5, 5.41) is 11.3. The van der Waals surface area contributed by atoms with Crippen LogP contribution in [0.15, 0.2) is 0 Å². The molecule has 1 fully saturated rings. The number of carbonyl (C=O) groups excluding carboxylic acids is 2. The van der Waals surface area contributed by atoms with Crippen molar-refractivity contribution in [1.82, 2.24) is 15.1 Å². The van der Waals surface area contributed by atoms with E-state index in [2.05, 4.69) is 5.32 Å². The summed E-state index contributed by atoms with van der Waals surface area (Å²) in [7, 11) is 0. The fourth-order valence-electron chi connectivity index (χ4n) is 1.66. The number of hydrogen-bond acceptors (Lipinski definition) is 3. The minimum Gasteiger partial charge on any atom is -0.481 e. The van der Waals surface area contributed by atoms with E-state index in [4.69, 9.17) is 5.11 Å². The van der Waals surface area contributed by atoms with Crippen molar-refractivity contribution in [2.75, 3.05) is 32.7 Å². The molecule has 3 amide bonds. The molecule has 0 radical (unpaired) electrons. The maximum atomic E-state index is 11.7. The summed E-state index contributed by atoms with van der Waals surface area (Å²) in [4.78, 5) is 36.7. The van der Waals surface area contributed by atoms with Gasteiger partial charge < -0.3 is 20.2 Å². The summed E-state index contributed by atoms with van der Waals surface area (Å²) in [6.07, 6.45) is 0. The molecule has 1 heterocycles. The highest BCUT2D eigenvalue weighted by Gasteiger charge is 2.22. The van der Waals surface area contributed by atoms with Crippen molar-refractivity contribution in [3.8, 4) is 0 Å². The molecule has 0 aromatic carbocycles. The highest BCUT2D eigenvalue weighted by molar-refractivity contribution is 5.77. The minimum atomic E-state index is -0.934.